The zero-order chi connectivity index (χ0) is 20.0. The number of methoxy groups -OCH3 is 1. The molecule has 0 saturated carbocycles. The number of hydrogen-bond donors (Lipinski definition) is 1. The van der Waals surface area contributed by atoms with Gasteiger partial charge in [-0.15, -0.1) is 0 Å². The van der Waals surface area contributed by atoms with Crippen LogP contribution in [-0.4, -0.2) is 25.5 Å². The molecule has 1 saturated heterocycles. The molecule has 0 radical (unpaired) electrons. The second-order valence-corrected chi connectivity index (χ2v) is 7.71. The average molecular weight is 386 g/mol. The number of hydrogen-bond acceptors (Lipinski definition) is 3. The van der Waals surface area contributed by atoms with Crippen LogP contribution in [0.3, 0.4) is 0 Å². The molecule has 1 aliphatic heterocycles. The second kappa shape index (κ2) is 6.92. The van der Waals surface area contributed by atoms with Gasteiger partial charge in [-0.05, 0) is 59.7 Å². The van der Waals surface area contributed by atoms with Crippen LogP contribution in [0.25, 0.3) is 10.8 Å². The standard InChI is InChI=1S/C24H22N2O3/c1-29-19-10-8-18(9-11-19)25-24(28)17-13-22(27)26(14-17)21-12-7-16-6-5-15-3-2-4-20(21)23(15)16/h2-4,7-12,17H,5-6,13-14H2,1H3,(H,25,28). The number of anilines is 2. The Bertz CT molecular complexity index is 1110. The normalized spacial score (nSPS) is 17.8. The van der Waals surface area contributed by atoms with Crippen LogP contribution in [0.2, 0.25) is 0 Å². The number of ether oxygens (including phenoxy) is 1. The lowest BCUT2D eigenvalue weighted by Crippen LogP contribution is -2.28. The molecule has 2 aliphatic rings. The molecular formula is C24H22N2O3. The lowest BCUT2D eigenvalue weighted by atomic mass is 10.0. The van der Waals surface area contributed by atoms with Crippen LogP contribution in [0.5, 0.6) is 5.75 Å². The fourth-order valence-corrected chi connectivity index (χ4v) is 4.50. The molecular weight excluding hydrogens is 364 g/mol. The van der Waals surface area contributed by atoms with E-state index in [1.165, 1.54) is 16.5 Å². The van der Waals surface area contributed by atoms with Crippen LogP contribution in [0.15, 0.2) is 54.6 Å². The van der Waals surface area contributed by atoms with E-state index in [4.69, 9.17) is 4.74 Å². The van der Waals surface area contributed by atoms with Crippen molar-refractivity contribution in [3.63, 3.8) is 0 Å². The zero-order valence-corrected chi connectivity index (χ0v) is 16.3. The Hall–Kier alpha value is -3.34. The van der Waals surface area contributed by atoms with E-state index in [1.807, 2.05) is 6.07 Å². The number of nitrogens with zero attached hydrogens (tertiary/aromatic N) is 1. The highest BCUT2D eigenvalue weighted by Gasteiger charge is 2.36. The first-order chi connectivity index (χ1) is 14.1. The molecule has 0 spiro atoms. The van der Waals surface area contributed by atoms with Crippen LogP contribution in [0.4, 0.5) is 11.4 Å². The predicted molar refractivity (Wildman–Crippen MR) is 113 cm³/mol. The largest absolute Gasteiger partial charge is 0.497 e. The molecule has 5 nitrogen and oxygen atoms in total. The summed E-state index contributed by atoms with van der Waals surface area (Å²) in [7, 11) is 1.60. The fraction of sp³-hybridized carbons (Fsp3) is 0.250. The van der Waals surface area contributed by atoms with Gasteiger partial charge in [0.2, 0.25) is 11.8 Å². The average Bonchev–Trinajstić information content (AvgIpc) is 3.34. The third-order valence-electron chi connectivity index (χ3n) is 6.00. The molecule has 3 aromatic carbocycles. The molecule has 2 amide bonds. The molecule has 1 fully saturated rings. The maximum Gasteiger partial charge on any atom is 0.229 e. The van der Waals surface area contributed by atoms with Crippen molar-refractivity contribution in [2.75, 3.05) is 23.9 Å². The Morgan fingerprint density at radius 2 is 1.79 bits per heavy atom. The van der Waals surface area contributed by atoms with Crippen LogP contribution in [0.1, 0.15) is 17.5 Å². The summed E-state index contributed by atoms with van der Waals surface area (Å²) in [6.45, 7) is 0.402. The molecule has 0 bridgehead atoms. The minimum Gasteiger partial charge on any atom is -0.497 e. The molecule has 1 N–H and O–H groups in total. The van der Waals surface area contributed by atoms with Crippen LogP contribution >= 0.6 is 0 Å². The second-order valence-electron chi connectivity index (χ2n) is 7.71. The molecule has 1 atom stereocenters. The molecule has 146 valence electrons. The number of benzene rings is 3. The summed E-state index contributed by atoms with van der Waals surface area (Å²) in [4.78, 5) is 27.3. The molecule has 3 aromatic rings. The van der Waals surface area contributed by atoms with Crippen LogP contribution in [-0.2, 0) is 22.4 Å². The molecule has 1 heterocycles. The highest BCUT2D eigenvalue weighted by atomic mass is 16.5. The zero-order valence-electron chi connectivity index (χ0n) is 16.3. The van der Waals surface area contributed by atoms with Gasteiger partial charge < -0.3 is 15.0 Å². The topological polar surface area (TPSA) is 58.6 Å². The van der Waals surface area contributed by atoms with Gasteiger partial charge in [0.1, 0.15) is 5.75 Å². The van der Waals surface area contributed by atoms with Crippen molar-refractivity contribution in [1.82, 2.24) is 0 Å². The van der Waals surface area contributed by atoms with Gasteiger partial charge in [-0.3, -0.25) is 9.59 Å². The highest BCUT2D eigenvalue weighted by Crippen LogP contribution is 2.38. The van der Waals surface area contributed by atoms with Gasteiger partial charge in [-0.25, -0.2) is 0 Å². The summed E-state index contributed by atoms with van der Waals surface area (Å²) in [5.74, 6) is 0.237. The van der Waals surface area contributed by atoms with Gasteiger partial charge in [-0.1, -0.05) is 24.3 Å². The monoisotopic (exact) mass is 386 g/mol. The van der Waals surface area contributed by atoms with E-state index < -0.39 is 0 Å². The van der Waals surface area contributed by atoms with E-state index >= 15 is 0 Å². The predicted octanol–water partition coefficient (Wildman–Crippen LogP) is 3.94. The molecule has 1 unspecified atom stereocenters. The lowest BCUT2D eigenvalue weighted by Gasteiger charge is -2.20. The van der Waals surface area contributed by atoms with E-state index in [0.29, 0.717) is 12.2 Å². The van der Waals surface area contributed by atoms with Crippen molar-refractivity contribution in [3.8, 4) is 5.75 Å². The van der Waals surface area contributed by atoms with Crippen molar-refractivity contribution in [2.45, 2.75) is 19.3 Å². The van der Waals surface area contributed by atoms with Gasteiger partial charge in [0.15, 0.2) is 0 Å². The number of amides is 2. The molecule has 5 rings (SSSR count). The summed E-state index contributed by atoms with van der Waals surface area (Å²) in [5.41, 5.74) is 4.31. The summed E-state index contributed by atoms with van der Waals surface area (Å²) in [6, 6.07) is 17.7. The van der Waals surface area contributed by atoms with E-state index in [1.54, 1.807) is 36.3 Å². The number of nitrogens with one attached hydrogen (secondary N) is 1. The Labute approximate surface area is 169 Å². The van der Waals surface area contributed by atoms with E-state index in [9.17, 15) is 9.59 Å². The SMILES string of the molecule is COc1ccc(NC(=O)C2CC(=O)N(c3ccc4c5c(cccc35)CC4)C2)cc1. The summed E-state index contributed by atoms with van der Waals surface area (Å²) < 4.78 is 5.14. The number of carbonyl (C=O) groups excluding carboxylic acids is 2. The first-order valence-electron chi connectivity index (χ1n) is 9.93. The third kappa shape index (κ3) is 3.03. The first-order valence-corrected chi connectivity index (χ1v) is 9.93. The van der Waals surface area contributed by atoms with Crippen molar-refractivity contribution in [1.29, 1.82) is 0 Å². The minimum atomic E-state index is -0.368. The molecule has 29 heavy (non-hydrogen) atoms. The minimum absolute atomic E-state index is 0.00131. The quantitative estimate of drug-likeness (QED) is 0.739. The van der Waals surface area contributed by atoms with Crippen molar-refractivity contribution in [2.24, 2.45) is 5.92 Å². The van der Waals surface area contributed by atoms with E-state index in [0.717, 1.165) is 29.7 Å². The molecule has 1 aliphatic carbocycles. The van der Waals surface area contributed by atoms with E-state index in [2.05, 4.69) is 29.6 Å². The van der Waals surface area contributed by atoms with Gasteiger partial charge in [0.05, 0.1) is 18.7 Å². The smallest absolute Gasteiger partial charge is 0.229 e. The van der Waals surface area contributed by atoms with Gasteiger partial charge >= 0.3 is 0 Å². The number of carbonyl (C=O) groups is 2. The maximum atomic E-state index is 12.8. The number of rotatable bonds is 4. The van der Waals surface area contributed by atoms with Crippen molar-refractivity contribution >= 4 is 34.0 Å². The van der Waals surface area contributed by atoms with Crippen LogP contribution < -0.4 is 15.0 Å². The highest BCUT2D eigenvalue weighted by molar-refractivity contribution is 6.09. The van der Waals surface area contributed by atoms with Gasteiger partial charge in [-0.2, -0.15) is 0 Å². The molecule has 5 heteroatoms. The Morgan fingerprint density at radius 1 is 1.03 bits per heavy atom. The molecule has 0 aromatic heterocycles. The maximum absolute atomic E-state index is 12.8. The Kier molecular flexibility index (Phi) is 4.23. The van der Waals surface area contributed by atoms with Crippen LogP contribution in [0, 0.1) is 5.92 Å². The Morgan fingerprint density at radius 3 is 2.55 bits per heavy atom. The Balaban J connectivity index is 1.38. The van der Waals surface area contributed by atoms with Gasteiger partial charge in [0, 0.05) is 24.0 Å². The fourth-order valence-electron chi connectivity index (χ4n) is 4.50. The lowest BCUT2D eigenvalue weighted by molar-refractivity contribution is -0.122. The summed E-state index contributed by atoms with van der Waals surface area (Å²) in [5, 5.41) is 5.31. The van der Waals surface area contributed by atoms with E-state index in [-0.39, 0.29) is 24.2 Å². The van der Waals surface area contributed by atoms with Crippen molar-refractivity contribution < 1.29 is 14.3 Å². The summed E-state index contributed by atoms with van der Waals surface area (Å²) >= 11 is 0. The number of aryl methyl sites for hydroxylation is 2. The van der Waals surface area contributed by atoms with Crippen molar-refractivity contribution in [3.05, 3.63) is 65.7 Å². The third-order valence-corrected chi connectivity index (χ3v) is 6.00. The van der Waals surface area contributed by atoms with Gasteiger partial charge in [0.25, 0.3) is 0 Å². The summed E-state index contributed by atoms with van der Waals surface area (Å²) in [6.07, 6.45) is 2.33. The first kappa shape index (κ1) is 17.7.